The summed E-state index contributed by atoms with van der Waals surface area (Å²) in [6, 6.07) is 20.7. The average molecular weight is 1510 g/mol. The number of amides is 6. The number of methoxy groups -OCH3 is 9. The monoisotopic (exact) mass is 1500 g/mol. The number of benzene rings is 3. The van der Waals surface area contributed by atoms with Gasteiger partial charge in [-0.25, -0.2) is 0 Å². The lowest BCUT2D eigenvalue weighted by Gasteiger charge is -2.20. The smallest absolute Gasteiger partial charge is 0.325 e. The molecule has 30 heteroatoms. The van der Waals surface area contributed by atoms with Gasteiger partial charge in [0.15, 0.2) is 17.1 Å². The molecule has 1 fully saturated rings. The number of nitrogens with zero attached hydrogens (tertiary/aromatic N) is 6. The Morgan fingerprint density at radius 2 is 0.694 bits per heavy atom. The minimum atomic E-state index is -0.539. The summed E-state index contributed by atoms with van der Waals surface area (Å²) in [4.78, 5) is 111. The molecule has 3 aromatic carbocycles. The molecule has 1 unspecified atom stereocenters. The molecule has 1 saturated carbocycles. The molecule has 0 spiro atoms. The summed E-state index contributed by atoms with van der Waals surface area (Å²) in [6.45, 7) is 19.6. The maximum Gasteiger partial charge on any atom is 0.325 e. The molecule has 30 nitrogen and oxygen atoms in total. The fraction of sp³-hybridized carbons (Fsp3) is 0.538. The minimum Gasteiger partial charge on any atom is -0.496 e. The second-order valence-corrected chi connectivity index (χ2v) is 27.2. The second-order valence-electron chi connectivity index (χ2n) is 27.2. The van der Waals surface area contributed by atoms with Gasteiger partial charge in [-0.15, -0.1) is 0 Å². The minimum absolute atomic E-state index is 0.00623. The van der Waals surface area contributed by atoms with Crippen molar-refractivity contribution in [3.63, 3.8) is 0 Å². The molecule has 0 saturated heterocycles. The van der Waals surface area contributed by atoms with Gasteiger partial charge in [0, 0.05) is 43.4 Å². The molecule has 7 rings (SSSR count). The van der Waals surface area contributed by atoms with Crippen LogP contribution in [0.15, 0.2) is 72.8 Å². The molecule has 6 amide bonds. The highest BCUT2D eigenvalue weighted by molar-refractivity contribution is 5.97. The highest BCUT2D eigenvalue weighted by Gasteiger charge is 2.33. The normalized spacial score (nSPS) is 12.7. The van der Waals surface area contributed by atoms with E-state index in [0.29, 0.717) is 76.3 Å². The van der Waals surface area contributed by atoms with Crippen molar-refractivity contribution < 1.29 is 85.8 Å². The average Bonchev–Trinajstić information content (AvgIpc) is 1.64. The van der Waals surface area contributed by atoms with E-state index in [4.69, 9.17) is 33.5 Å². The number of nitrogens with one attached hydrogen (secondary N) is 6. The Hall–Kier alpha value is -10.7. The Morgan fingerprint density at radius 3 is 0.972 bits per heavy atom. The zero-order valence-corrected chi connectivity index (χ0v) is 66.1. The van der Waals surface area contributed by atoms with E-state index in [2.05, 4.69) is 70.2 Å². The molecule has 3 aromatic heterocycles. The summed E-state index contributed by atoms with van der Waals surface area (Å²) in [6.07, 6.45) is 6.23. The van der Waals surface area contributed by atoms with Crippen LogP contribution in [-0.4, -0.2) is 184 Å². The van der Waals surface area contributed by atoms with Crippen molar-refractivity contribution in [2.24, 2.45) is 17.8 Å². The van der Waals surface area contributed by atoms with Crippen LogP contribution in [0.1, 0.15) is 189 Å². The lowest BCUT2D eigenvalue weighted by atomic mass is 10.0. The van der Waals surface area contributed by atoms with Gasteiger partial charge in [-0.05, 0) is 131 Å². The standard InChI is InChI=1S/C27H40N4O6.C26H38N4O6.C25H34N4O6/c1-8-19(9-2)31-21(26-22(35-5)11-10-12-23(26)36-6)15-20(30-31)27(34)29-18(13-17(3)4)14-24(32)28-16-25(33)37-7;1-8-17(4)30-20(25-21(34-5)10-9-11-22(25)35-6)14-19(29-30)26(33)28-18(12-16(2)3)13-23(31)27-15-24(32)36-7;1-15(2)11-16(12-22(30)26-14-23(31)35-5)27-25(32)18-13-19(29(28-18)17-9-10-17)24-20(33-3)7-6-8-21(24)34-4/h10-12,15,17-19H,8-9,13-14,16H2,1-7H3,(H,28,32)(H,29,34);9-11,14,16-18H,8,12-13,15H2,1-7H3,(H,27,31)(H,28,33);6-8,13,15-17H,9-12,14H2,1-5H3,(H,26,30)(H,27,32)/t18-;17?,18-;16-/m000/s1. The second kappa shape index (κ2) is 43.8. The van der Waals surface area contributed by atoms with Crippen LogP contribution in [0.25, 0.3) is 33.8 Å². The van der Waals surface area contributed by atoms with Crippen LogP contribution in [0.2, 0.25) is 0 Å². The fourth-order valence-corrected chi connectivity index (χ4v) is 12.1. The van der Waals surface area contributed by atoms with E-state index in [1.165, 1.54) is 21.3 Å². The summed E-state index contributed by atoms with van der Waals surface area (Å²) in [5, 5.41) is 30.4. The van der Waals surface area contributed by atoms with Crippen molar-refractivity contribution in [2.45, 2.75) is 176 Å². The van der Waals surface area contributed by atoms with Crippen LogP contribution >= 0.6 is 0 Å². The van der Waals surface area contributed by atoms with E-state index in [1.807, 2.05) is 119 Å². The Kier molecular flexibility index (Phi) is 35.7. The summed E-state index contributed by atoms with van der Waals surface area (Å²) in [5.41, 5.74) is 5.01. The fourth-order valence-electron chi connectivity index (χ4n) is 12.1. The van der Waals surface area contributed by atoms with Crippen molar-refractivity contribution >= 4 is 53.4 Å². The third-order valence-electron chi connectivity index (χ3n) is 17.7. The van der Waals surface area contributed by atoms with Gasteiger partial charge in [-0.2, -0.15) is 15.3 Å². The number of ether oxygens (including phenoxy) is 9. The molecule has 0 aliphatic heterocycles. The molecule has 6 N–H and O–H groups in total. The summed E-state index contributed by atoms with van der Waals surface area (Å²) in [5.74, 6) is 0.577. The van der Waals surface area contributed by atoms with E-state index in [9.17, 15) is 43.2 Å². The Labute approximate surface area is 633 Å². The number of rotatable bonds is 39. The zero-order valence-electron chi connectivity index (χ0n) is 66.1. The maximum absolute atomic E-state index is 13.4. The molecule has 6 aromatic rings. The summed E-state index contributed by atoms with van der Waals surface area (Å²) >= 11 is 0. The van der Waals surface area contributed by atoms with Gasteiger partial charge in [0.2, 0.25) is 17.7 Å². The van der Waals surface area contributed by atoms with Crippen molar-refractivity contribution in [1.29, 1.82) is 0 Å². The van der Waals surface area contributed by atoms with Gasteiger partial charge in [0.05, 0.1) is 110 Å². The SMILES string of the molecule is CCC(C)n1nc(C(=O)N[C@H](CC(=O)NCC(=O)OC)CC(C)C)cc1-c1c(OC)cccc1OC.CCC(CC)n1nc(C(=O)N[C@H](CC(=O)NCC(=O)OC)CC(C)C)cc1-c1c(OC)cccc1OC.COC(=O)CNC(=O)C[C@H](CC(C)C)NC(=O)c1cc(-c2c(OC)cccc2OC)n(C2CC2)n1. The number of carbonyl (C=O) groups is 9. The quantitative estimate of drug-likeness (QED) is 0.0154. The molecule has 4 atom stereocenters. The molecule has 0 bridgehead atoms. The highest BCUT2D eigenvalue weighted by atomic mass is 16.5. The van der Waals surface area contributed by atoms with Gasteiger partial charge in [-0.3, -0.25) is 57.2 Å². The van der Waals surface area contributed by atoms with E-state index < -0.39 is 41.9 Å². The van der Waals surface area contributed by atoms with Crippen LogP contribution < -0.4 is 60.3 Å². The van der Waals surface area contributed by atoms with Crippen molar-refractivity contribution in [2.75, 3.05) is 83.6 Å². The van der Waals surface area contributed by atoms with E-state index in [1.54, 1.807) is 65.5 Å². The topological polar surface area (TPSA) is 362 Å². The van der Waals surface area contributed by atoms with Gasteiger partial charge in [0.1, 0.15) is 54.1 Å². The predicted molar refractivity (Wildman–Crippen MR) is 406 cm³/mol. The highest BCUT2D eigenvalue weighted by Crippen LogP contribution is 2.45. The molecule has 592 valence electrons. The Bertz CT molecular complexity index is 3900. The van der Waals surface area contributed by atoms with Crippen molar-refractivity contribution in [3.05, 3.63) is 89.9 Å². The van der Waals surface area contributed by atoms with Crippen LogP contribution in [0.4, 0.5) is 0 Å². The Morgan fingerprint density at radius 1 is 0.407 bits per heavy atom. The summed E-state index contributed by atoms with van der Waals surface area (Å²) in [7, 11) is 13.3. The third kappa shape index (κ3) is 25.8. The summed E-state index contributed by atoms with van der Waals surface area (Å²) < 4.78 is 52.7. The van der Waals surface area contributed by atoms with Crippen molar-refractivity contribution in [1.82, 2.24) is 61.2 Å². The van der Waals surface area contributed by atoms with Crippen LogP contribution in [-0.2, 0) is 43.0 Å². The molecular weight excluding hydrogens is 1390 g/mol. The van der Waals surface area contributed by atoms with Crippen LogP contribution in [0, 0.1) is 17.8 Å². The van der Waals surface area contributed by atoms with Crippen molar-refractivity contribution in [3.8, 4) is 68.3 Å². The number of esters is 3. The zero-order chi connectivity index (χ0) is 79.9. The van der Waals surface area contributed by atoms with Gasteiger partial charge < -0.3 is 74.5 Å². The van der Waals surface area contributed by atoms with Gasteiger partial charge in [-0.1, -0.05) is 80.5 Å². The Balaban J connectivity index is 0.000000290. The molecule has 1 aliphatic carbocycles. The van der Waals surface area contributed by atoms with Crippen LogP contribution in [0.5, 0.6) is 34.5 Å². The first kappa shape index (κ1) is 88.0. The number of aromatic nitrogens is 6. The van der Waals surface area contributed by atoms with Gasteiger partial charge >= 0.3 is 17.9 Å². The first-order chi connectivity index (χ1) is 51.6. The van der Waals surface area contributed by atoms with E-state index in [-0.39, 0.29) is 121 Å². The lowest BCUT2D eigenvalue weighted by molar-refractivity contribution is -0.141. The molecule has 3 heterocycles. The predicted octanol–water partition coefficient (Wildman–Crippen LogP) is 9.84. The first-order valence-electron chi connectivity index (χ1n) is 36.5. The number of carbonyl (C=O) groups excluding carboxylic acids is 9. The van der Waals surface area contributed by atoms with E-state index >= 15 is 0 Å². The largest absolute Gasteiger partial charge is 0.496 e. The number of hydrogen-bond acceptors (Lipinski definition) is 21. The molecule has 108 heavy (non-hydrogen) atoms. The van der Waals surface area contributed by atoms with Gasteiger partial charge in [0.25, 0.3) is 17.7 Å². The van der Waals surface area contributed by atoms with Crippen LogP contribution in [0.3, 0.4) is 0 Å². The maximum atomic E-state index is 13.4. The molecule has 0 radical (unpaired) electrons. The number of hydrogen-bond donors (Lipinski definition) is 6. The molecule has 1 aliphatic rings. The lowest BCUT2D eigenvalue weighted by Crippen LogP contribution is -2.41. The third-order valence-corrected chi connectivity index (χ3v) is 17.7. The molecular formula is C78H112N12O18. The van der Waals surface area contributed by atoms with E-state index in [0.717, 1.165) is 43.4 Å². The first-order valence-corrected chi connectivity index (χ1v) is 36.5.